The van der Waals surface area contributed by atoms with Crippen LogP contribution in [0.1, 0.15) is 25.3 Å². The summed E-state index contributed by atoms with van der Waals surface area (Å²) in [5.41, 5.74) is 9.03. The number of aromatic amines is 1. The molecule has 0 aliphatic rings. The number of para-hydroxylation sites is 1. The molecule has 0 aliphatic heterocycles. The number of carbonyl (C=O) groups is 2. The monoisotopic (exact) mass is 395 g/mol. The minimum atomic E-state index is -1.10. The van der Waals surface area contributed by atoms with Crippen LogP contribution in [0.2, 0.25) is 0 Å². The molecule has 0 saturated carbocycles. The lowest BCUT2D eigenvalue weighted by Crippen LogP contribution is -2.32. The van der Waals surface area contributed by atoms with E-state index in [9.17, 15) is 14.7 Å². The Morgan fingerprint density at radius 1 is 1.24 bits per heavy atom. The maximum atomic E-state index is 11.3. The van der Waals surface area contributed by atoms with Gasteiger partial charge in [0.25, 0.3) is 0 Å². The molecule has 152 valence electrons. The van der Waals surface area contributed by atoms with E-state index in [4.69, 9.17) is 10.5 Å². The van der Waals surface area contributed by atoms with Crippen molar-refractivity contribution >= 4 is 29.1 Å². The summed E-state index contributed by atoms with van der Waals surface area (Å²) in [7, 11) is 0. The van der Waals surface area contributed by atoms with E-state index in [1.54, 1.807) is 0 Å². The number of rotatable bonds is 10. The van der Waals surface area contributed by atoms with Crippen molar-refractivity contribution in [3.05, 3.63) is 48.0 Å². The summed E-state index contributed by atoms with van der Waals surface area (Å²) < 4.78 is 5.99. The third-order valence-corrected chi connectivity index (χ3v) is 4.80. The average molecular weight is 395 g/mol. The van der Waals surface area contributed by atoms with Crippen molar-refractivity contribution in [1.82, 2.24) is 4.98 Å². The Morgan fingerprint density at radius 3 is 2.72 bits per heavy atom. The number of nitrogens with one attached hydrogen (secondary N) is 2. The molecule has 0 saturated heterocycles. The normalized spacial score (nSPS) is 11.9. The summed E-state index contributed by atoms with van der Waals surface area (Å²) in [6.07, 6.45) is 2.62. The lowest BCUT2D eigenvalue weighted by molar-refractivity contribution is -0.138. The second kappa shape index (κ2) is 9.25. The van der Waals surface area contributed by atoms with Crippen LogP contribution in [0.3, 0.4) is 0 Å². The van der Waals surface area contributed by atoms with Crippen molar-refractivity contribution in [1.29, 1.82) is 0 Å². The summed E-state index contributed by atoms with van der Waals surface area (Å²) in [5.74, 6) is 0.105. The summed E-state index contributed by atoms with van der Waals surface area (Å²) in [5, 5.41) is 12.7. The van der Waals surface area contributed by atoms with Gasteiger partial charge < -0.3 is 25.9 Å². The molecule has 1 aromatic heterocycles. The van der Waals surface area contributed by atoms with Crippen LogP contribution in [0.15, 0.2) is 42.5 Å². The number of H-pyrrole nitrogens is 1. The number of ether oxygens (including phenoxy) is 1. The lowest BCUT2D eigenvalue weighted by atomic mass is 9.95. The van der Waals surface area contributed by atoms with Crippen LogP contribution in [0.4, 0.5) is 5.82 Å². The Balaban J connectivity index is 2.17. The van der Waals surface area contributed by atoms with Gasteiger partial charge in [0.1, 0.15) is 17.6 Å². The fourth-order valence-corrected chi connectivity index (χ4v) is 3.38. The molecule has 0 unspecified atom stereocenters. The molecule has 3 rings (SSSR count). The first-order valence-corrected chi connectivity index (χ1v) is 9.61. The molecule has 1 heterocycles. The molecule has 1 atom stereocenters. The molecule has 7 heteroatoms. The number of hydrogen-bond donors (Lipinski definition) is 4. The zero-order valence-electron chi connectivity index (χ0n) is 16.3. The number of benzene rings is 2. The predicted octanol–water partition coefficient (Wildman–Crippen LogP) is 3.54. The van der Waals surface area contributed by atoms with E-state index in [-0.39, 0.29) is 6.42 Å². The minimum absolute atomic E-state index is 0.0708. The van der Waals surface area contributed by atoms with Crippen LogP contribution < -0.4 is 15.8 Å². The number of aromatic nitrogens is 1. The van der Waals surface area contributed by atoms with Gasteiger partial charge in [-0.3, -0.25) is 9.59 Å². The number of unbranched alkanes of at least 4 members (excludes halogenated alkanes) is 1. The van der Waals surface area contributed by atoms with Gasteiger partial charge in [0, 0.05) is 28.5 Å². The topological polar surface area (TPSA) is 117 Å². The van der Waals surface area contributed by atoms with E-state index in [1.165, 1.54) is 0 Å². The predicted molar refractivity (Wildman–Crippen MR) is 113 cm³/mol. The molecule has 0 radical (unpaired) electrons. The van der Waals surface area contributed by atoms with Crippen LogP contribution in [-0.2, 0) is 16.0 Å². The third kappa shape index (κ3) is 4.41. The van der Waals surface area contributed by atoms with Gasteiger partial charge >= 0.3 is 5.97 Å². The van der Waals surface area contributed by atoms with E-state index in [0.717, 1.165) is 40.6 Å². The van der Waals surface area contributed by atoms with Crippen molar-refractivity contribution in [2.45, 2.75) is 32.2 Å². The Labute approximate surface area is 168 Å². The Kier molecular flexibility index (Phi) is 6.51. The Bertz CT molecular complexity index is 1010. The van der Waals surface area contributed by atoms with Crippen molar-refractivity contribution in [3.63, 3.8) is 0 Å². The number of carboxylic acid groups (broad SMARTS) is 1. The lowest BCUT2D eigenvalue weighted by Gasteiger charge is -2.14. The first-order valence-electron chi connectivity index (χ1n) is 9.61. The highest BCUT2D eigenvalue weighted by Crippen LogP contribution is 2.39. The van der Waals surface area contributed by atoms with Crippen molar-refractivity contribution in [2.24, 2.45) is 5.73 Å². The largest absolute Gasteiger partial charge is 0.493 e. The Morgan fingerprint density at radius 2 is 2.00 bits per heavy atom. The van der Waals surface area contributed by atoms with E-state index >= 15 is 0 Å². The SMILES string of the molecule is CCCCOc1ccccc1-c1cccc2[nH]c(NC=O)c(C[C@H](N)C(=O)O)c12. The van der Waals surface area contributed by atoms with Gasteiger partial charge in [-0.2, -0.15) is 0 Å². The number of aliphatic carboxylic acids is 1. The molecular weight excluding hydrogens is 370 g/mol. The van der Waals surface area contributed by atoms with Crippen LogP contribution >= 0.6 is 0 Å². The molecule has 7 nitrogen and oxygen atoms in total. The van der Waals surface area contributed by atoms with Gasteiger partial charge in [-0.05, 0) is 24.1 Å². The van der Waals surface area contributed by atoms with Crippen LogP contribution in [0.25, 0.3) is 22.0 Å². The van der Waals surface area contributed by atoms with E-state index in [2.05, 4.69) is 17.2 Å². The second-order valence-electron chi connectivity index (χ2n) is 6.82. The van der Waals surface area contributed by atoms with Crippen molar-refractivity contribution < 1.29 is 19.4 Å². The molecule has 29 heavy (non-hydrogen) atoms. The summed E-state index contributed by atoms with van der Waals surface area (Å²) in [6.45, 7) is 2.72. The summed E-state index contributed by atoms with van der Waals surface area (Å²) in [6, 6.07) is 12.4. The van der Waals surface area contributed by atoms with Crippen LogP contribution in [-0.4, -0.2) is 35.1 Å². The van der Waals surface area contributed by atoms with Gasteiger partial charge in [0.05, 0.1) is 6.61 Å². The van der Waals surface area contributed by atoms with Crippen molar-refractivity contribution in [3.8, 4) is 16.9 Å². The van der Waals surface area contributed by atoms with E-state index in [1.807, 2.05) is 42.5 Å². The molecule has 0 fully saturated rings. The maximum absolute atomic E-state index is 11.3. The highest BCUT2D eigenvalue weighted by Gasteiger charge is 2.22. The summed E-state index contributed by atoms with van der Waals surface area (Å²) >= 11 is 0. The van der Waals surface area contributed by atoms with Gasteiger partial charge in [-0.1, -0.05) is 43.7 Å². The number of hydrogen-bond acceptors (Lipinski definition) is 4. The zero-order chi connectivity index (χ0) is 20.8. The van der Waals surface area contributed by atoms with Gasteiger partial charge in [-0.15, -0.1) is 0 Å². The number of anilines is 1. The molecule has 2 aromatic carbocycles. The number of fused-ring (bicyclic) bond motifs is 1. The summed E-state index contributed by atoms with van der Waals surface area (Å²) in [4.78, 5) is 25.6. The molecule has 5 N–H and O–H groups in total. The number of amides is 1. The standard InChI is InChI=1S/C22H25N3O4/c1-2-3-11-29-19-10-5-4-7-14(19)15-8-6-9-18-20(15)16(12-17(23)22(27)28)21(25-18)24-13-26/h4-10,13,17,25H,2-3,11-12,23H2,1H3,(H,24,26)(H,27,28)/t17-/m0/s1. The molecule has 0 bridgehead atoms. The zero-order valence-corrected chi connectivity index (χ0v) is 16.3. The minimum Gasteiger partial charge on any atom is -0.493 e. The highest BCUT2D eigenvalue weighted by atomic mass is 16.5. The van der Waals surface area contributed by atoms with Crippen molar-refractivity contribution in [2.75, 3.05) is 11.9 Å². The van der Waals surface area contributed by atoms with Crippen LogP contribution in [0, 0.1) is 0 Å². The van der Waals surface area contributed by atoms with E-state index in [0.29, 0.717) is 24.4 Å². The number of nitrogens with two attached hydrogens (primary N) is 1. The molecule has 1 amide bonds. The number of carbonyl (C=O) groups excluding carboxylic acids is 1. The van der Waals surface area contributed by atoms with Gasteiger partial charge in [-0.25, -0.2) is 0 Å². The van der Waals surface area contributed by atoms with Gasteiger partial charge in [0.15, 0.2) is 0 Å². The molecular formula is C22H25N3O4. The Hall–Kier alpha value is -3.32. The van der Waals surface area contributed by atoms with Gasteiger partial charge in [0.2, 0.25) is 6.41 Å². The number of carboxylic acids is 1. The molecule has 0 spiro atoms. The third-order valence-electron chi connectivity index (χ3n) is 4.80. The highest BCUT2D eigenvalue weighted by molar-refractivity contribution is 6.03. The molecule has 3 aromatic rings. The average Bonchev–Trinajstić information content (AvgIpc) is 3.06. The molecule has 0 aliphatic carbocycles. The smallest absolute Gasteiger partial charge is 0.320 e. The quantitative estimate of drug-likeness (QED) is 0.309. The first kappa shape index (κ1) is 20.4. The van der Waals surface area contributed by atoms with E-state index < -0.39 is 12.0 Å². The van der Waals surface area contributed by atoms with Crippen LogP contribution in [0.5, 0.6) is 5.75 Å². The second-order valence-corrected chi connectivity index (χ2v) is 6.82. The fraction of sp³-hybridized carbons (Fsp3) is 0.273. The first-order chi connectivity index (χ1) is 14.1. The maximum Gasteiger partial charge on any atom is 0.320 e. The fourth-order valence-electron chi connectivity index (χ4n) is 3.38.